The van der Waals surface area contributed by atoms with E-state index in [-0.39, 0.29) is 50.3 Å². The van der Waals surface area contributed by atoms with Crippen molar-refractivity contribution in [1.29, 1.82) is 0 Å². The van der Waals surface area contributed by atoms with Gasteiger partial charge in [0.15, 0.2) is 12.0 Å². The molecule has 2 fully saturated rings. The normalized spacial score (nSPS) is 35.2. The number of carbonyl (C=O) groups excluding carboxylic acids is 3. The third kappa shape index (κ3) is 5.08. The van der Waals surface area contributed by atoms with E-state index in [1.165, 1.54) is 17.2 Å². The van der Waals surface area contributed by atoms with Crippen molar-refractivity contribution < 1.29 is 42.0 Å². The molecule has 31 heavy (non-hydrogen) atoms. The van der Waals surface area contributed by atoms with E-state index in [1.54, 1.807) is 20.8 Å². The second kappa shape index (κ2) is 9.23. The monoisotopic (exact) mass is 455 g/mol. The Labute approximate surface area is 180 Å². The molecule has 0 spiro atoms. The Bertz CT molecular complexity index is 863. The van der Waals surface area contributed by atoms with Crippen LogP contribution >= 0.6 is 7.82 Å². The third-order valence-electron chi connectivity index (χ3n) is 5.12. The Kier molecular flexibility index (Phi) is 7.04. The van der Waals surface area contributed by atoms with E-state index in [9.17, 15) is 18.9 Å². The molecule has 0 radical (unpaired) electrons. The van der Waals surface area contributed by atoms with E-state index in [0.29, 0.717) is 0 Å². The first kappa shape index (κ1) is 23.6. The molecule has 170 valence electrons. The van der Waals surface area contributed by atoms with Crippen molar-refractivity contribution in [2.24, 2.45) is 5.41 Å². The lowest BCUT2D eigenvalue weighted by molar-refractivity contribution is -0.148. The highest BCUT2D eigenvalue weighted by atomic mass is 31.2. The van der Waals surface area contributed by atoms with Crippen LogP contribution in [-0.2, 0) is 42.0 Å². The minimum Gasteiger partial charge on any atom is -0.463 e. The van der Waals surface area contributed by atoms with Gasteiger partial charge in [-0.15, -0.1) is 6.42 Å². The van der Waals surface area contributed by atoms with Crippen molar-refractivity contribution in [1.82, 2.24) is 4.90 Å². The minimum atomic E-state index is -3.96. The molecule has 1 amide bonds. The van der Waals surface area contributed by atoms with Gasteiger partial charge in [0.2, 0.25) is 5.91 Å². The first-order chi connectivity index (χ1) is 14.6. The standard InChI is InChI=1S/C20H26NO9P/c1-5-20(4)18-15(29-19(20)21-9-8-14(22)11-16(21)23)12-27-31(25,30-18)26-10-6-7-17(24)28-13(2)3/h1,8-9,13,15,18-19H,6-7,10-12H2,2-4H3/t15-,18-,19-,20-,31-/m1/s1. The second-order valence-corrected chi connectivity index (χ2v) is 9.58. The molecule has 5 atom stereocenters. The molecule has 0 unspecified atom stereocenters. The Hall–Kier alpha value is -2.02. The lowest BCUT2D eigenvalue weighted by Gasteiger charge is -2.37. The summed E-state index contributed by atoms with van der Waals surface area (Å²) in [5.41, 5.74) is -1.17. The number of nitrogens with zero attached hydrogens (tertiary/aromatic N) is 1. The first-order valence-corrected chi connectivity index (χ1v) is 11.5. The summed E-state index contributed by atoms with van der Waals surface area (Å²) in [5.74, 6) is 1.45. The summed E-state index contributed by atoms with van der Waals surface area (Å²) in [5, 5.41) is 0. The highest BCUT2D eigenvalue weighted by molar-refractivity contribution is 7.48. The SMILES string of the molecule is C#C[C@]1(C)[C@@H]2O[P@](=O)(OCCCC(=O)OC(C)C)OC[C@H]2O[C@H]1N1C=CC(=O)CC1=O. The van der Waals surface area contributed by atoms with Crippen molar-refractivity contribution in [3.8, 4) is 12.3 Å². The molecule has 3 heterocycles. The molecular formula is C20H26NO9P. The average molecular weight is 455 g/mol. The Morgan fingerprint density at radius 1 is 1.45 bits per heavy atom. The number of rotatable bonds is 7. The fraction of sp³-hybridized carbons (Fsp3) is 0.650. The van der Waals surface area contributed by atoms with Crippen LogP contribution in [0, 0.1) is 17.8 Å². The van der Waals surface area contributed by atoms with Crippen LogP contribution in [0.4, 0.5) is 0 Å². The number of carbonyl (C=O) groups is 3. The topological polar surface area (TPSA) is 118 Å². The highest BCUT2D eigenvalue weighted by Gasteiger charge is 2.61. The summed E-state index contributed by atoms with van der Waals surface area (Å²) in [6.45, 7) is 4.98. The van der Waals surface area contributed by atoms with Gasteiger partial charge in [-0.3, -0.25) is 32.9 Å². The van der Waals surface area contributed by atoms with Crippen LogP contribution in [-0.4, -0.2) is 60.3 Å². The molecule has 0 N–H and O–H groups in total. The van der Waals surface area contributed by atoms with E-state index >= 15 is 0 Å². The number of fused-ring (bicyclic) bond motifs is 1. The first-order valence-electron chi connectivity index (χ1n) is 10.0. The number of esters is 1. The second-order valence-electron chi connectivity index (χ2n) is 7.96. The van der Waals surface area contributed by atoms with Gasteiger partial charge in [-0.2, -0.15) is 0 Å². The molecule has 3 rings (SSSR count). The maximum Gasteiger partial charge on any atom is 0.475 e. The summed E-state index contributed by atoms with van der Waals surface area (Å²) in [6.07, 6.45) is 5.76. The van der Waals surface area contributed by atoms with E-state index < -0.39 is 37.6 Å². The van der Waals surface area contributed by atoms with Crippen LogP contribution in [0.5, 0.6) is 0 Å². The van der Waals surface area contributed by atoms with Gasteiger partial charge < -0.3 is 9.47 Å². The number of terminal acetylenes is 1. The molecule has 0 aromatic rings. The number of ether oxygens (including phenoxy) is 2. The van der Waals surface area contributed by atoms with Gasteiger partial charge in [-0.05, 0) is 33.3 Å². The summed E-state index contributed by atoms with van der Waals surface area (Å²) in [6, 6.07) is 0. The quantitative estimate of drug-likeness (QED) is 0.187. The zero-order valence-corrected chi connectivity index (χ0v) is 18.5. The number of phosphoric acid groups is 1. The number of phosphoric ester groups is 1. The number of hydrogen-bond donors (Lipinski definition) is 0. The zero-order chi connectivity index (χ0) is 22.8. The molecule has 0 aromatic carbocycles. The van der Waals surface area contributed by atoms with Gasteiger partial charge in [-0.1, -0.05) is 5.92 Å². The molecule has 3 aliphatic heterocycles. The fourth-order valence-electron chi connectivity index (χ4n) is 3.59. The third-order valence-corrected chi connectivity index (χ3v) is 6.57. The lowest BCUT2D eigenvalue weighted by atomic mass is 9.82. The van der Waals surface area contributed by atoms with E-state index in [0.717, 1.165) is 0 Å². The van der Waals surface area contributed by atoms with Crippen molar-refractivity contribution in [2.45, 2.75) is 64.6 Å². The molecule has 11 heteroatoms. The lowest BCUT2D eigenvalue weighted by Crippen LogP contribution is -2.49. The molecule has 0 saturated carbocycles. The molecule has 0 aromatic heterocycles. The van der Waals surface area contributed by atoms with Crippen molar-refractivity contribution in [3.05, 3.63) is 12.3 Å². The molecule has 10 nitrogen and oxygen atoms in total. The maximum atomic E-state index is 12.9. The Balaban J connectivity index is 1.64. The van der Waals surface area contributed by atoms with Crippen molar-refractivity contribution in [3.63, 3.8) is 0 Å². The average Bonchev–Trinajstić information content (AvgIpc) is 2.97. The number of ketones is 1. The van der Waals surface area contributed by atoms with Gasteiger partial charge in [0.05, 0.1) is 25.7 Å². The van der Waals surface area contributed by atoms with Crippen LogP contribution in [0.15, 0.2) is 12.3 Å². The van der Waals surface area contributed by atoms with E-state index in [4.69, 9.17) is 29.5 Å². The van der Waals surface area contributed by atoms with E-state index in [2.05, 4.69) is 5.92 Å². The van der Waals surface area contributed by atoms with E-state index in [1.807, 2.05) is 0 Å². The molecular weight excluding hydrogens is 429 g/mol. The molecule has 3 aliphatic rings. The minimum absolute atomic E-state index is 0.0472. The van der Waals surface area contributed by atoms with Gasteiger partial charge >= 0.3 is 13.8 Å². The maximum absolute atomic E-state index is 12.9. The van der Waals surface area contributed by atoms with Gasteiger partial charge in [-0.25, -0.2) is 4.57 Å². The van der Waals surface area contributed by atoms with Gasteiger partial charge in [0.25, 0.3) is 0 Å². The van der Waals surface area contributed by atoms with Crippen LogP contribution in [0.25, 0.3) is 0 Å². The predicted octanol–water partition coefficient (Wildman–Crippen LogP) is 1.94. The summed E-state index contributed by atoms with van der Waals surface area (Å²) >= 11 is 0. The Morgan fingerprint density at radius 3 is 2.84 bits per heavy atom. The zero-order valence-electron chi connectivity index (χ0n) is 17.6. The van der Waals surface area contributed by atoms with Crippen LogP contribution < -0.4 is 0 Å². The van der Waals surface area contributed by atoms with Crippen LogP contribution in [0.1, 0.15) is 40.0 Å². The van der Waals surface area contributed by atoms with Crippen LogP contribution in [0.3, 0.4) is 0 Å². The Morgan fingerprint density at radius 2 is 2.19 bits per heavy atom. The molecule has 2 saturated heterocycles. The largest absolute Gasteiger partial charge is 0.475 e. The summed E-state index contributed by atoms with van der Waals surface area (Å²) in [7, 11) is -3.96. The smallest absolute Gasteiger partial charge is 0.463 e. The summed E-state index contributed by atoms with van der Waals surface area (Å²) < 4.78 is 40.2. The summed E-state index contributed by atoms with van der Waals surface area (Å²) in [4.78, 5) is 36.7. The molecule has 0 aliphatic carbocycles. The van der Waals surface area contributed by atoms with Crippen molar-refractivity contribution >= 4 is 25.5 Å². The fourth-order valence-corrected chi connectivity index (χ4v) is 5.10. The van der Waals surface area contributed by atoms with Gasteiger partial charge in [0, 0.05) is 12.6 Å². The highest BCUT2D eigenvalue weighted by Crippen LogP contribution is 2.59. The predicted molar refractivity (Wildman–Crippen MR) is 106 cm³/mol. The van der Waals surface area contributed by atoms with Crippen LogP contribution in [0.2, 0.25) is 0 Å². The number of allylic oxidation sites excluding steroid dienone is 1. The van der Waals surface area contributed by atoms with Gasteiger partial charge in [0.1, 0.15) is 17.6 Å². The number of amides is 1. The van der Waals surface area contributed by atoms with Crippen molar-refractivity contribution in [2.75, 3.05) is 13.2 Å². The number of hydrogen-bond acceptors (Lipinski definition) is 9. The molecule has 0 bridgehead atoms.